The van der Waals surface area contributed by atoms with E-state index in [9.17, 15) is 19.1 Å². The quantitative estimate of drug-likeness (QED) is 0.743. The molecule has 1 aliphatic rings. The number of halogens is 1. The van der Waals surface area contributed by atoms with Gasteiger partial charge in [0.15, 0.2) is 0 Å². The van der Waals surface area contributed by atoms with E-state index in [1.165, 1.54) is 6.07 Å². The predicted octanol–water partition coefficient (Wildman–Crippen LogP) is 2.37. The molecule has 4 N–H and O–H groups in total. The van der Waals surface area contributed by atoms with E-state index in [4.69, 9.17) is 5.73 Å². The fourth-order valence-corrected chi connectivity index (χ4v) is 2.87. The van der Waals surface area contributed by atoms with Crippen LogP contribution in [-0.2, 0) is 4.79 Å². The van der Waals surface area contributed by atoms with Crippen LogP contribution in [0.2, 0.25) is 0 Å². The van der Waals surface area contributed by atoms with Crippen LogP contribution in [0.3, 0.4) is 0 Å². The highest BCUT2D eigenvalue weighted by Gasteiger charge is 2.30. The number of carboxylic acids is 1. The second-order valence-corrected chi connectivity index (χ2v) is 5.36. The van der Waals surface area contributed by atoms with Crippen LogP contribution in [0.4, 0.5) is 10.1 Å². The molecule has 2 rings (SSSR count). The van der Waals surface area contributed by atoms with E-state index in [0.29, 0.717) is 12.8 Å². The van der Waals surface area contributed by atoms with Gasteiger partial charge in [0, 0.05) is 6.04 Å². The fourth-order valence-electron chi connectivity index (χ4n) is 2.87. The lowest BCUT2D eigenvalue weighted by atomic mass is 9.94. The van der Waals surface area contributed by atoms with Crippen LogP contribution in [0, 0.1) is 11.7 Å². The molecule has 1 amide bonds. The summed E-state index contributed by atoms with van der Waals surface area (Å²) in [5, 5.41) is 12.4. The SMILES string of the molecule is NC(=O)c1c(F)cccc1NC1CCCCCC1C(=O)O. The molecule has 1 aromatic carbocycles. The van der Waals surface area contributed by atoms with Gasteiger partial charge in [0.1, 0.15) is 5.82 Å². The van der Waals surface area contributed by atoms with Gasteiger partial charge in [-0.15, -0.1) is 0 Å². The Bertz CT molecular complexity index is 548. The zero-order valence-corrected chi connectivity index (χ0v) is 11.6. The second kappa shape index (κ2) is 6.56. The number of anilines is 1. The maximum absolute atomic E-state index is 13.7. The summed E-state index contributed by atoms with van der Waals surface area (Å²) in [7, 11) is 0. The highest BCUT2D eigenvalue weighted by atomic mass is 19.1. The first kappa shape index (κ1) is 15.3. The molecule has 1 fully saturated rings. The molecular formula is C15H19FN2O3. The Morgan fingerprint density at radius 2 is 1.95 bits per heavy atom. The predicted molar refractivity (Wildman–Crippen MR) is 76.5 cm³/mol. The molecule has 114 valence electrons. The number of aliphatic carboxylic acids is 1. The Morgan fingerprint density at radius 1 is 1.24 bits per heavy atom. The number of benzene rings is 1. The number of hydrogen-bond donors (Lipinski definition) is 3. The highest BCUT2D eigenvalue weighted by molar-refractivity contribution is 5.98. The van der Waals surface area contributed by atoms with Gasteiger partial charge in [-0.25, -0.2) is 4.39 Å². The second-order valence-electron chi connectivity index (χ2n) is 5.36. The molecule has 0 spiro atoms. The van der Waals surface area contributed by atoms with Crippen molar-refractivity contribution in [1.82, 2.24) is 0 Å². The number of nitrogens with one attached hydrogen (secondary N) is 1. The minimum Gasteiger partial charge on any atom is -0.481 e. The Labute approximate surface area is 122 Å². The van der Waals surface area contributed by atoms with Crippen molar-refractivity contribution in [3.63, 3.8) is 0 Å². The highest BCUT2D eigenvalue weighted by Crippen LogP contribution is 2.28. The minimum absolute atomic E-state index is 0.217. The van der Waals surface area contributed by atoms with Crippen molar-refractivity contribution in [2.45, 2.75) is 38.1 Å². The van der Waals surface area contributed by atoms with Crippen molar-refractivity contribution in [1.29, 1.82) is 0 Å². The Kier molecular flexibility index (Phi) is 4.77. The molecule has 5 nitrogen and oxygen atoms in total. The van der Waals surface area contributed by atoms with Crippen LogP contribution in [0.25, 0.3) is 0 Å². The molecule has 0 aromatic heterocycles. The molecule has 6 heteroatoms. The zero-order chi connectivity index (χ0) is 15.4. The smallest absolute Gasteiger partial charge is 0.308 e. The van der Waals surface area contributed by atoms with E-state index < -0.39 is 23.6 Å². The van der Waals surface area contributed by atoms with Gasteiger partial charge in [-0.3, -0.25) is 9.59 Å². The van der Waals surface area contributed by atoms with E-state index in [-0.39, 0.29) is 17.3 Å². The standard InChI is InChI=1S/C15H19FN2O3/c16-10-6-4-8-12(13(10)14(17)19)18-11-7-3-1-2-5-9(11)15(20)21/h4,6,8-9,11,18H,1-3,5,7H2,(H2,17,19)(H,20,21). The van der Waals surface area contributed by atoms with E-state index in [2.05, 4.69) is 5.32 Å². The number of carboxylic acid groups (broad SMARTS) is 1. The molecule has 0 aliphatic heterocycles. The Hall–Kier alpha value is -2.11. The van der Waals surface area contributed by atoms with Gasteiger partial charge in [-0.2, -0.15) is 0 Å². The lowest BCUT2D eigenvalue weighted by molar-refractivity contribution is -0.142. The van der Waals surface area contributed by atoms with Crippen LogP contribution < -0.4 is 11.1 Å². The van der Waals surface area contributed by atoms with Crippen molar-refractivity contribution in [2.75, 3.05) is 5.32 Å². The topological polar surface area (TPSA) is 92.4 Å². The van der Waals surface area contributed by atoms with Gasteiger partial charge in [0.2, 0.25) is 0 Å². The molecule has 2 atom stereocenters. The molecule has 0 radical (unpaired) electrons. The average Bonchev–Trinajstić information content (AvgIpc) is 2.63. The van der Waals surface area contributed by atoms with Gasteiger partial charge < -0.3 is 16.2 Å². The largest absolute Gasteiger partial charge is 0.481 e. The number of hydrogen-bond acceptors (Lipinski definition) is 3. The maximum Gasteiger partial charge on any atom is 0.308 e. The summed E-state index contributed by atoms with van der Waals surface area (Å²) in [6, 6.07) is 3.85. The lowest BCUT2D eigenvalue weighted by Crippen LogP contribution is -2.34. The maximum atomic E-state index is 13.7. The van der Waals surface area contributed by atoms with E-state index in [1.807, 2.05) is 0 Å². The molecular weight excluding hydrogens is 275 g/mol. The lowest BCUT2D eigenvalue weighted by Gasteiger charge is -2.25. The number of carbonyl (C=O) groups is 2. The third-order valence-corrected chi connectivity index (χ3v) is 3.93. The van der Waals surface area contributed by atoms with E-state index in [0.717, 1.165) is 25.3 Å². The Morgan fingerprint density at radius 3 is 2.62 bits per heavy atom. The third-order valence-electron chi connectivity index (χ3n) is 3.93. The molecule has 1 aromatic rings. The van der Waals surface area contributed by atoms with Crippen LogP contribution in [0.5, 0.6) is 0 Å². The summed E-state index contributed by atoms with van der Waals surface area (Å²) in [6.07, 6.45) is 4.00. The number of carbonyl (C=O) groups excluding carboxylic acids is 1. The van der Waals surface area contributed by atoms with E-state index in [1.54, 1.807) is 6.07 Å². The van der Waals surface area contributed by atoms with E-state index >= 15 is 0 Å². The van der Waals surface area contributed by atoms with Gasteiger partial charge in [0.05, 0.1) is 17.2 Å². The van der Waals surface area contributed by atoms with Crippen molar-refractivity contribution in [2.24, 2.45) is 11.7 Å². The van der Waals surface area contributed by atoms with Crippen LogP contribution >= 0.6 is 0 Å². The van der Waals surface area contributed by atoms with Crippen molar-refractivity contribution in [3.05, 3.63) is 29.6 Å². The van der Waals surface area contributed by atoms with Crippen LogP contribution in [0.15, 0.2) is 18.2 Å². The molecule has 0 bridgehead atoms. The summed E-state index contributed by atoms with van der Waals surface area (Å²) in [5.41, 5.74) is 5.26. The number of rotatable bonds is 4. The molecule has 1 aliphatic carbocycles. The van der Waals surface area contributed by atoms with Crippen LogP contribution in [0.1, 0.15) is 42.5 Å². The number of nitrogens with two attached hydrogens (primary N) is 1. The summed E-state index contributed by atoms with van der Waals surface area (Å²) in [5.74, 6) is -2.98. The molecule has 1 saturated carbocycles. The first-order chi connectivity index (χ1) is 10.0. The molecule has 0 saturated heterocycles. The fraction of sp³-hybridized carbons (Fsp3) is 0.467. The minimum atomic E-state index is -0.869. The van der Waals surface area contributed by atoms with Crippen molar-refractivity contribution >= 4 is 17.6 Å². The van der Waals surface area contributed by atoms with Crippen LogP contribution in [-0.4, -0.2) is 23.0 Å². The van der Waals surface area contributed by atoms with Gasteiger partial charge in [0.25, 0.3) is 5.91 Å². The summed E-state index contributed by atoms with van der Waals surface area (Å²) in [6.45, 7) is 0. The van der Waals surface area contributed by atoms with Crippen molar-refractivity contribution in [3.8, 4) is 0 Å². The monoisotopic (exact) mass is 294 g/mol. The first-order valence-electron chi connectivity index (χ1n) is 7.08. The summed E-state index contributed by atoms with van der Waals surface area (Å²) < 4.78 is 13.7. The van der Waals surface area contributed by atoms with Crippen molar-refractivity contribution < 1.29 is 19.1 Å². The summed E-state index contributed by atoms with van der Waals surface area (Å²) in [4.78, 5) is 22.8. The summed E-state index contributed by atoms with van der Waals surface area (Å²) >= 11 is 0. The normalized spacial score (nSPS) is 22.3. The average molecular weight is 294 g/mol. The third kappa shape index (κ3) is 3.51. The van der Waals surface area contributed by atoms with Gasteiger partial charge in [-0.05, 0) is 25.0 Å². The molecule has 0 heterocycles. The van der Waals surface area contributed by atoms with Gasteiger partial charge in [-0.1, -0.05) is 25.3 Å². The molecule has 2 unspecified atom stereocenters. The first-order valence-corrected chi connectivity index (χ1v) is 7.08. The Balaban J connectivity index is 2.28. The number of primary amides is 1. The number of amides is 1. The van der Waals surface area contributed by atoms with Gasteiger partial charge >= 0.3 is 5.97 Å². The zero-order valence-electron chi connectivity index (χ0n) is 11.6. The molecule has 21 heavy (non-hydrogen) atoms.